The van der Waals surface area contributed by atoms with Crippen molar-refractivity contribution in [2.24, 2.45) is 0 Å². The van der Waals surface area contributed by atoms with Gasteiger partial charge in [0.05, 0.1) is 25.3 Å². The summed E-state index contributed by atoms with van der Waals surface area (Å²) in [5, 5.41) is 3.40. The number of hydrogen-bond acceptors (Lipinski definition) is 6. The lowest BCUT2D eigenvalue weighted by atomic mass is 9.65. The van der Waals surface area contributed by atoms with E-state index in [1.807, 2.05) is 18.2 Å². The van der Waals surface area contributed by atoms with Crippen molar-refractivity contribution in [1.29, 1.82) is 0 Å². The molecule has 6 rings (SSSR count). The van der Waals surface area contributed by atoms with Crippen LogP contribution in [0.2, 0.25) is 0 Å². The lowest BCUT2D eigenvalue weighted by molar-refractivity contribution is -0.116. The van der Waals surface area contributed by atoms with Gasteiger partial charge in [0, 0.05) is 42.2 Å². The normalized spacial score (nSPS) is 19.3. The molecule has 0 bridgehead atoms. The van der Waals surface area contributed by atoms with E-state index >= 15 is 0 Å². The highest BCUT2D eigenvalue weighted by Crippen LogP contribution is 2.53. The maximum Gasteiger partial charge on any atom is 0.337 e. The van der Waals surface area contributed by atoms with E-state index in [9.17, 15) is 14.4 Å². The number of rotatable bonds is 2. The average molecular weight is 477 g/mol. The van der Waals surface area contributed by atoms with E-state index < -0.39 is 0 Å². The predicted octanol–water partition coefficient (Wildman–Crippen LogP) is 4.58. The Morgan fingerprint density at radius 2 is 1.40 bits per heavy atom. The summed E-state index contributed by atoms with van der Waals surface area (Å²) in [6.07, 6.45) is 7.32. The van der Waals surface area contributed by atoms with Gasteiger partial charge in [0.1, 0.15) is 0 Å². The number of benzene rings is 2. The predicted molar refractivity (Wildman–Crippen MR) is 133 cm³/mol. The zero-order valence-electron chi connectivity index (χ0n) is 20.6. The average Bonchev–Trinajstić information content (AvgIpc) is 3.39. The minimum absolute atomic E-state index is 0.0343. The molecule has 2 aliphatic heterocycles. The van der Waals surface area contributed by atoms with Gasteiger partial charge in [0.2, 0.25) is 5.91 Å². The fraction of sp³-hybridized carbons (Fsp3) is 0.464. The number of carbonyl (C=O) groups excluding carboxylic acids is 3. The Morgan fingerprint density at radius 3 is 1.91 bits per heavy atom. The van der Waals surface area contributed by atoms with Crippen LogP contribution in [-0.2, 0) is 25.1 Å². The van der Waals surface area contributed by atoms with E-state index in [1.54, 1.807) is 24.0 Å². The number of anilines is 2. The third kappa shape index (κ3) is 3.77. The summed E-state index contributed by atoms with van der Waals surface area (Å²) in [5.41, 5.74) is 6.22. The van der Waals surface area contributed by atoms with E-state index in [2.05, 4.69) is 11.4 Å². The molecule has 7 nitrogen and oxygen atoms in total. The quantitative estimate of drug-likeness (QED) is 0.639. The first-order valence-electron chi connectivity index (χ1n) is 12.3. The number of fused-ring (bicyclic) bond motifs is 4. The van der Waals surface area contributed by atoms with E-state index in [0.29, 0.717) is 16.5 Å². The van der Waals surface area contributed by atoms with Gasteiger partial charge >= 0.3 is 11.9 Å². The van der Waals surface area contributed by atoms with Crippen LogP contribution in [0.3, 0.4) is 0 Å². The number of methoxy groups -OCH3 is 2. The molecule has 4 aliphatic rings. The van der Waals surface area contributed by atoms with E-state index in [1.165, 1.54) is 51.0 Å². The van der Waals surface area contributed by atoms with Crippen LogP contribution in [0.1, 0.15) is 77.3 Å². The zero-order chi connectivity index (χ0) is 24.8. The van der Waals surface area contributed by atoms with Crippen molar-refractivity contribution in [3.63, 3.8) is 0 Å². The smallest absolute Gasteiger partial charge is 0.337 e. The highest BCUT2D eigenvalue weighted by molar-refractivity contribution is 5.98. The SMILES string of the molecule is COC(=O)c1ccc2c(c1)N(C(C)=O)CC21CCC1.COC(=O)c1ccc2c(c1)NCC21CCC1. The molecule has 2 heterocycles. The molecule has 1 N–H and O–H groups in total. The number of nitrogens with one attached hydrogen (secondary N) is 1. The molecule has 2 fully saturated rings. The van der Waals surface area contributed by atoms with Crippen LogP contribution in [0.15, 0.2) is 36.4 Å². The molecule has 2 aliphatic carbocycles. The Kier molecular flexibility index (Phi) is 5.82. The van der Waals surface area contributed by atoms with Crippen molar-refractivity contribution >= 4 is 29.2 Å². The summed E-state index contributed by atoms with van der Waals surface area (Å²) in [5.74, 6) is -0.591. The number of carbonyl (C=O) groups is 3. The summed E-state index contributed by atoms with van der Waals surface area (Å²) in [7, 11) is 2.78. The number of esters is 2. The Hall–Kier alpha value is -3.35. The third-order valence-electron chi connectivity index (χ3n) is 8.37. The molecule has 184 valence electrons. The minimum atomic E-state index is -0.360. The molecule has 0 radical (unpaired) electrons. The van der Waals surface area contributed by atoms with Crippen LogP contribution in [0.25, 0.3) is 0 Å². The van der Waals surface area contributed by atoms with Crippen LogP contribution >= 0.6 is 0 Å². The monoisotopic (exact) mass is 476 g/mol. The molecule has 35 heavy (non-hydrogen) atoms. The van der Waals surface area contributed by atoms with Gasteiger partial charge in [-0.1, -0.05) is 25.0 Å². The minimum Gasteiger partial charge on any atom is -0.465 e. The molecule has 7 heteroatoms. The van der Waals surface area contributed by atoms with Gasteiger partial charge in [0.15, 0.2) is 0 Å². The molecule has 0 unspecified atom stereocenters. The lowest BCUT2D eigenvalue weighted by Gasteiger charge is -2.38. The van der Waals surface area contributed by atoms with Gasteiger partial charge in [-0.3, -0.25) is 4.79 Å². The van der Waals surface area contributed by atoms with Crippen LogP contribution < -0.4 is 10.2 Å². The van der Waals surface area contributed by atoms with Gasteiger partial charge < -0.3 is 19.7 Å². The van der Waals surface area contributed by atoms with Crippen molar-refractivity contribution in [1.82, 2.24) is 0 Å². The molecule has 2 spiro atoms. The Balaban J connectivity index is 0.000000147. The standard InChI is InChI=1S/C15H17NO3.C13H15NO2/c1-10(17)16-9-15(6-3-7-15)12-5-4-11(8-13(12)16)14(18)19-2;1-16-12(15)9-3-4-10-11(7-9)14-8-13(10)5-2-6-13/h4-5,8H,3,6-7,9H2,1-2H3;3-4,7,14H,2,5-6,8H2,1H3. The number of ether oxygens (including phenoxy) is 2. The summed E-state index contributed by atoms with van der Waals surface area (Å²) in [4.78, 5) is 36.6. The van der Waals surface area contributed by atoms with E-state index in [0.717, 1.165) is 37.3 Å². The molecule has 2 aromatic rings. The largest absolute Gasteiger partial charge is 0.465 e. The van der Waals surface area contributed by atoms with E-state index in [4.69, 9.17) is 9.47 Å². The third-order valence-corrected chi connectivity index (χ3v) is 8.37. The van der Waals surface area contributed by atoms with Crippen LogP contribution in [0, 0.1) is 0 Å². The van der Waals surface area contributed by atoms with E-state index in [-0.39, 0.29) is 23.3 Å². The van der Waals surface area contributed by atoms with Crippen molar-refractivity contribution in [3.05, 3.63) is 58.7 Å². The van der Waals surface area contributed by atoms with Gasteiger partial charge in [-0.05, 0) is 61.1 Å². The number of amides is 1. The highest BCUT2D eigenvalue weighted by atomic mass is 16.5. The second-order valence-electron chi connectivity index (χ2n) is 10.2. The van der Waals surface area contributed by atoms with Gasteiger partial charge in [-0.15, -0.1) is 0 Å². The number of nitrogens with zero attached hydrogens (tertiary/aromatic N) is 1. The molecular formula is C28H32N2O5. The molecule has 2 saturated carbocycles. The maximum atomic E-state index is 11.8. The zero-order valence-corrected chi connectivity index (χ0v) is 20.6. The van der Waals surface area contributed by atoms with Crippen LogP contribution in [0.5, 0.6) is 0 Å². The molecule has 0 atom stereocenters. The Morgan fingerprint density at radius 1 is 0.829 bits per heavy atom. The van der Waals surface area contributed by atoms with Crippen LogP contribution in [0.4, 0.5) is 11.4 Å². The fourth-order valence-electron chi connectivity index (χ4n) is 6.04. The molecule has 1 amide bonds. The second-order valence-corrected chi connectivity index (χ2v) is 10.2. The molecule has 2 aromatic carbocycles. The van der Waals surface area contributed by atoms with Crippen molar-refractivity contribution in [3.8, 4) is 0 Å². The van der Waals surface area contributed by atoms with Crippen LogP contribution in [-0.4, -0.2) is 45.2 Å². The number of hydrogen-bond donors (Lipinski definition) is 1. The van der Waals surface area contributed by atoms with Crippen molar-refractivity contribution < 1.29 is 23.9 Å². The first-order chi connectivity index (χ1) is 16.8. The Labute approximate surface area is 205 Å². The maximum absolute atomic E-state index is 11.8. The first-order valence-corrected chi connectivity index (χ1v) is 12.3. The van der Waals surface area contributed by atoms with Gasteiger partial charge in [-0.2, -0.15) is 0 Å². The summed E-state index contributed by atoms with van der Waals surface area (Å²) in [6, 6.07) is 11.4. The fourth-order valence-corrected chi connectivity index (χ4v) is 6.04. The molecular weight excluding hydrogens is 444 g/mol. The van der Waals surface area contributed by atoms with Gasteiger partial charge in [-0.25, -0.2) is 9.59 Å². The van der Waals surface area contributed by atoms with Crippen molar-refractivity contribution in [2.75, 3.05) is 37.5 Å². The summed E-state index contributed by atoms with van der Waals surface area (Å²) >= 11 is 0. The molecule has 0 aromatic heterocycles. The van der Waals surface area contributed by atoms with Gasteiger partial charge in [0.25, 0.3) is 0 Å². The lowest BCUT2D eigenvalue weighted by Crippen LogP contribution is -2.40. The first kappa shape index (κ1) is 23.4. The topological polar surface area (TPSA) is 84.9 Å². The van der Waals surface area contributed by atoms with Crippen molar-refractivity contribution in [2.45, 2.75) is 56.3 Å². The summed E-state index contributed by atoms with van der Waals surface area (Å²) in [6.45, 7) is 3.35. The highest BCUT2D eigenvalue weighted by Gasteiger charge is 2.48. The Bertz CT molecular complexity index is 1200. The molecule has 0 saturated heterocycles. The summed E-state index contributed by atoms with van der Waals surface area (Å²) < 4.78 is 9.46. The second kappa shape index (κ2) is 8.70.